The third-order valence-electron chi connectivity index (χ3n) is 2.48. The fourth-order valence-electron chi connectivity index (χ4n) is 1.52. The topological polar surface area (TPSA) is 125 Å². The smallest absolute Gasteiger partial charge is 0.413 e. The van der Waals surface area contributed by atoms with Crippen molar-refractivity contribution in [3.05, 3.63) is 39.4 Å². The normalized spacial score (nSPS) is 9.73. The standard InChI is InChI=1S/C13H14N2O7/c1-3-21-13(18)14-11(16)7-22-12(17)9-4-5-10(15(19)20)8(2)6-9/h4-6H,3,7H2,1-2H3,(H,14,16,18). The van der Waals surface area contributed by atoms with Crippen LogP contribution >= 0.6 is 0 Å². The summed E-state index contributed by atoms with van der Waals surface area (Å²) in [6.07, 6.45) is -0.935. The minimum Gasteiger partial charge on any atom is -0.452 e. The first kappa shape index (κ1) is 17.1. The number of nitrogens with one attached hydrogen (secondary N) is 1. The number of carbonyl (C=O) groups excluding carboxylic acids is 3. The number of benzene rings is 1. The second-order valence-electron chi connectivity index (χ2n) is 4.10. The van der Waals surface area contributed by atoms with Crippen molar-refractivity contribution in [1.82, 2.24) is 5.32 Å². The first-order chi connectivity index (χ1) is 10.3. The summed E-state index contributed by atoms with van der Waals surface area (Å²) in [7, 11) is 0. The molecule has 1 N–H and O–H groups in total. The van der Waals surface area contributed by atoms with Crippen LogP contribution in [0.2, 0.25) is 0 Å². The van der Waals surface area contributed by atoms with Gasteiger partial charge in [-0.3, -0.25) is 20.2 Å². The molecule has 0 atom stereocenters. The Bertz CT molecular complexity index is 612. The minimum atomic E-state index is -0.935. The first-order valence-electron chi connectivity index (χ1n) is 6.24. The fraction of sp³-hybridized carbons (Fsp3) is 0.308. The lowest BCUT2D eigenvalue weighted by Gasteiger charge is -2.06. The molecule has 0 fully saturated rings. The molecule has 1 aromatic carbocycles. The summed E-state index contributed by atoms with van der Waals surface area (Å²) in [5.74, 6) is -1.68. The molecule has 0 aliphatic carbocycles. The fourth-order valence-corrected chi connectivity index (χ4v) is 1.52. The lowest BCUT2D eigenvalue weighted by atomic mass is 10.1. The van der Waals surface area contributed by atoms with Gasteiger partial charge in [-0.25, -0.2) is 9.59 Å². The van der Waals surface area contributed by atoms with Crippen LogP contribution in [0.15, 0.2) is 18.2 Å². The average Bonchev–Trinajstić information content (AvgIpc) is 2.44. The molecule has 1 aromatic rings. The van der Waals surface area contributed by atoms with Crippen LogP contribution in [0, 0.1) is 17.0 Å². The molecule has 2 amide bonds. The number of ether oxygens (including phenoxy) is 2. The van der Waals surface area contributed by atoms with Gasteiger partial charge in [-0.15, -0.1) is 0 Å². The van der Waals surface area contributed by atoms with Crippen LogP contribution < -0.4 is 5.32 Å². The van der Waals surface area contributed by atoms with Crippen molar-refractivity contribution in [2.45, 2.75) is 13.8 Å². The summed E-state index contributed by atoms with van der Waals surface area (Å²) in [5, 5.41) is 12.5. The van der Waals surface area contributed by atoms with Gasteiger partial charge in [0.05, 0.1) is 17.1 Å². The van der Waals surface area contributed by atoms with Crippen molar-refractivity contribution in [2.75, 3.05) is 13.2 Å². The van der Waals surface area contributed by atoms with E-state index in [1.807, 2.05) is 5.32 Å². The van der Waals surface area contributed by atoms with Gasteiger partial charge in [0.15, 0.2) is 6.61 Å². The van der Waals surface area contributed by atoms with Crippen LogP contribution in [0.3, 0.4) is 0 Å². The van der Waals surface area contributed by atoms with Crippen molar-refractivity contribution < 1.29 is 28.8 Å². The van der Waals surface area contributed by atoms with Crippen LogP contribution in [0.1, 0.15) is 22.8 Å². The van der Waals surface area contributed by atoms with Gasteiger partial charge in [0, 0.05) is 11.6 Å². The van der Waals surface area contributed by atoms with Crippen molar-refractivity contribution >= 4 is 23.7 Å². The summed E-state index contributed by atoms with van der Waals surface area (Å²) in [5.41, 5.74) is 0.221. The predicted molar refractivity (Wildman–Crippen MR) is 73.3 cm³/mol. The highest BCUT2D eigenvalue weighted by Gasteiger charge is 2.16. The highest BCUT2D eigenvalue weighted by atomic mass is 16.6. The van der Waals surface area contributed by atoms with E-state index in [1.165, 1.54) is 25.1 Å². The van der Waals surface area contributed by atoms with E-state index in [2.05, 4.69) is 4.74 Å². The molecule has 0 aliphatic rings. The molecule has 0 bridgehead atoms. The molecule has 1 rings (SSSR count). The highest BCUT2D eigenvalue weighted by molar-refractivity contribution is 5.95. The van der Waals surface area contributed by atoms with E-state index in [1.54, 1.807) is 6.92 Å². The zero-order chi connectivity index (χ0) is 16.7. The Morgan fingerprint density at radius 2 is 1.95 bits per heavy atom. The molecule has 0 unspecified atom stereocenters. The number of esters is 1. The third kappa shape index (κ3) is 4.85. The number of hydrogen-bond acceptors (Lipinski definition) is 7. The van der Waals surface area contributed by atoms with Gasteiger partial charge in [0.25, 0.3) is 11.6 Å². The number of nitro benzene ring substituents is 1. The van der Waals surface area contributed by atoms with E-state index in [0.29, 0.717) is 0 Å². The maximum Gasteiger partial charge on any atom is 0.413 e. The molecule has 9 heteroatoms. The van der Waals surface area contributed by atoms with Crippen LogP contribution in [-0.2, 0) is 14.3 Å². The number of rotatable bonds is 5. The first-order valence-corrected chi connectivity index (χ1v) is 6.24. The number of hydrogen-bond donors (Lipinski definition) is 1. The maximum atomic E-state index is 11.7. The van der Waals surface area contributed by atoms with Crippen molar-refractivity contribution in [3.8, 4) is 0 Å². The van der Waals surface area contributed by atoms with E-state index < -0.39 is 29.5 Å². The van der Waals surface area contributed by atoms with E-state index >= 15 is 0 Å². The van der Waals surface area contributed by atoms with E-state index in [9.17, 15) is 24.5 Å². The van der Waals surface area contributed by atoms with Gasteiger partial charge >= 0.3 is 12.1 Å². The van der Waals surface area contributed by atoms with E-state index in [-0.39, 0.29) is 23.4 Å². The Morgan fingerprint density at radius 3 is 2.50 bits per heavy atom. The van der Waals surface area contributed by atoms with Gasteiger partial charge in [0.2, 0.25) is 0 Å². The van der Waals surface area contributed by atoms with Gasteiger partial charge < -0.3 is 9.47 Å². The van der Waals surface area contributed by atoms with Crippen LogP contribution in [0.4, 0.5) is 10.5 Å². The SMILES string of the molecule is CCOC(=O)NC(=O)COC(=O)c1ccc([N+](=O)[O-])c(C)c1. The summed E-state index contributed by atoms with van der Waals surface area (Å²) >= 11 is 0. The van der Waals surface area contributed by atoms with Gasteiger partial charge in [-0.05, 0) is 26.0 Å². The van der Waals surface area contributed by atoms with E-state index in [0.717, 1.165) is 0 Å². The van der Waals surface area contributed by atoms with Crippen molar-refractivity contribution in [3.63, 3.8) is 0 Å². The molecule has 0 spiro atoms. The largest absolute Gasteiger partial charge is 0.452 e. The molecule has 118 valence electrons. The van der Waals surface area contributed by atoms with Gasteiger partial charge in [0.1, 0.15) is 0 Å². The molecule has 22 heavy (non-hydrogen) atoms. The molecule has 9 nitrogen and oxygen atoms in total. The second kappa shape index (κ2) is 7.72. The number of amides is 2. The summed E-state index contributed by atoms with van der Waals surface area (Å²) in [4.78, 5) is 44.1. The second-order valence-corrected chi connectivity index (χ2v) is 4.10. The lowest BCUT2D eigenvalue weighted by molar-refractivity contribution is -0.385. The number of imide groups is 1. The molecule has 0 saturated carbocycles. The Labute approximate surface area is 125 Å². The number of nitro groups is 1. The number of carbonyl (C=O) groups is 3. The molecular weight excluding hydrogens is 296 g/mol. The summed E-state index contributed by atoms with van der Waals surface area (Å²) in [6, 6.07) is 3.67. The number of alkyl carbamates (subject to hydrolysis) is 1. The Kier molecular flexibility index (Phi) is 5.99. The monoisotopic (exact) mass is 310 g/mol. The minimum absolute atomic E-state index is 0.0621. The number of nitrogens with zero attached hydrogens (tertiary/aromatic N) is 1. The zero-order valence-electron chi connectivity index (χ0n) is 12.0. The van der Waals surface area contributed by atoms with Gasteiger partial charge in [-0.2, -0.15) is 0 Å². The number of aryl methyl sites for hydroxylation is 1. The molecule has 0 aromatic heterocycles. The van der Waals surface area contributed by atoms with Crippen molar-refractivity contribution in [2.24, 2.45) is 0 Å². The van der Waals surface area contributed by atoms with Crippen LogP contribution in [-0.4, -0.2) is 36.1 Å². The van der Waals surface area contributed by atoms with Crippen molar-refractivity contribution in [1.29, 1.82) is 0 Å². The third-order valence-corrected chi connectivity index (χ3v) is 2.48. The zero-order valence-corrected chi connectivity index (χ0v) is 12.0. The van der Waals surface area contributed by atoms with E-state index in [4.69, 9.17) is 4.74 Å². The summed E-state index contributed by atoms with van der Waals surface area (Å²) in [6.45, 7) is 2.47. The summed E-state index contributed by atoms with van der Waals surface area (Å²) < 4.78 is 9.18. The van der Waals surface area contributed by atoms with Crippen LogP contribution in [0.5, 0.6) is 0 Å². The highest BCUT2D eigenvalue weighted by Crippen LogP contribution is 2.19. The predicted octanol–water partition coefficient (Wildman–Crippen LogP) is 1.33. The molecule has 0 heterocycles. The quantitative estimate of drug-likeness (QED) is 0.494. The van der Waals surface area contributed by atoms with Gasteiger partial charge in [-0.1, -0.05) is 0 Å². The maximum absolute atomic E-state index is 11.7. The average molecular weight is 310 g/mol. The molecular formula is C13H14N2O7. The van der Waals surface area contributed by atoms with Crippen LogP contribution in [0.25, 0.3) is 0 Å². The molecule has 0 saturated heterocycles. The molecule has 0 aliphatic heterocycles. The Hall–Kier alpha value is -2.97. The Morgan fingerprint density at radius 1 is 1.27 bits per heavy atom. The lowest BCUT2D eigenvalue weighted by Crippen LogP contribution is -2.34. The Balaban J connectivity index is 2.59. The molecule has 0 radical (unpaired) electrons.